The first-order valence-electron chi connectivity index (χ1n) is 5.76. The molecule has 0 aromatic heterocycles. The van der Waals surface area contributed by atoms with Gasteiger partial charge in [-0.05, 0) is 12.0 Å². The van der Waals surface area contributed by atoms with E-state index < -0.39 is 11.8 Å². The molecule has 3 N–H and O–H groups in total. The molecular formula is C13H18N2O2. The molecule has 0 heterocycles. The van der Waals surface area contributed by atoms with Crippen LogP contribution in [0.15, 0.2) is 30.3 Å². The van der Waals surface area contributed by atoms with E-state index in [9.17, 15) is 9.59 Å². The minimum absolute atomic E-state index is 0.0466. The lowest BCUT2D eigenvalue weighted by atomic mass is 9.98. The van der Waals surface area contributed by atoms with E-state index in [1.165, 1.54) is 0 Å². The van der Waals surface area contributed by atoms with Gasteiger partial charge in [-0.2, -0.15) is 0 Å². The number of amides is 2. The summed E-state index contributed by atoms with van der Waals surface area (Å²) in [5.74, 6) is -0.931. The minimum atomic E-state index is -0.461. The molecule has 92 valence electrons. The Morgan fingerprint density at radius 1 is 1.29 bits per heavy atom. The van der Waals surface area contributed by atoms with Crippen LogP contribution in [0, 0.1) is 0 Å². The monoisotopic (exact) mass is 234 g/mol. The maximum Gasteiger partial charge on any atom is 0.226 e. The predicted molar refractivity (Wildman–Crippen MR) is 66.3 cm³/mol. The van der Waals surface area contributed by atoms with E-state index in [1.807, 2.05) is 37.3 Å². The van der Waals surface area contributed by atoms with Crippen molar-refractivity contribution in [3.05, 3.63) is 35.9 Å². The van der Waals surface area contributed by atoms with Crippen LogP contribution in [0.4, 0.5) is 0 Å². The first kappa shape index (κ1) is 13.2. The van der Waals surface area contributed by atoms with Crippen LogP contribution in [0.1, 0.15) is 31.2 Å². The van der Waals surface area contributed by atoms with Crippen molar-refractivity contribution in [2.24, 2.45) is 5.73 Å². The Labute approximate surface area is 101 Å². The van der Waals surface area contributed by atoms with Gasteiger partial charge >= 0.3 is 0 Å². The Kier molecular flexibility index (Phi) is 5.20. The standard InChI is InChI=1S/C13H18N2O2/c1-2-6-12(16)15-9-11(13(14)17)10-7-4-3-5-8-10/h3-5,7-8,11H,2,6,9H2,1H3,(H2,14,17)(H,15,16). The van der Waals surface area contributed by atoms with Crippen molar-refractivity contribution in [2.45, 2.75) is 25.7 Å². The van der Waals surface area contributed by atoms with E-state index in [2.05, 4.69) is 5.32 Å². The van der Waals surface area contributed by atoms with Crippen LogP contribution in [-0.2, 0) is 9.59 Å². The fraction of sp³-hybridized carbons (Fsp3) is 0.385. The molecule has 2 amide bonds. The van der Waals surface area contributed by atoms with E-state index in [0.29, 0.717) is 6.42 Å². The van der Waals surface area contributed by atoms with E-state index in [0.717, 1.165) is 12.0 Å². The number of carbonyl (C=O) groups excluding carboxylic acids is 2. The molecular weight excluding hydrogens is 216 g/mol. The lowest BCUT2D eigenvalue weighted by molar-refractivity contribution is -0.122. The van der Waals surface area contributed by atoms with Crippen molar-refractivity contribution in [3.63, 3.8) is 0 Å². The highest BCUT2D eigenvalue weighted by Crippen LogP contribution is 2.13. The molecule has 1 unspecified atom stereocenters. The van der Waals surface area contributed by atoms with Crippen LogP contribution >= 0.6 is 0 Å². The molecule has 0 aliphatic heterocycles. The summed E-state index contributed by atoms with van der Waals surface area (Å²) in [5.41, 5.74) is 6.17. The zero-order valence-corrected chi connectivity index (χ0v) is 9.98. The Bertz CT molecular complexity index is 376. The van der Waals surface area contributed by atoms with Gasteiger partial charge in [0.05, 0.1) is 5.92 Å². The zero-order valence-electron chi connectivity index (χ0n) is 9.98. The molecule has 17 heavy (non-hydrogen) atoms. The SMILES string of the molecule is CCCC(=O)NCC(C(N)=O)c1ccccc1. The molecule has 1 aromatic carbocycles. The van der Waals surface area contributed by atoms with E-state index >= 15 is 0 Å². The third kappa shape index (κ3) is 4.26. The van der Waals surface area contributed by atoms with Gasteiger partial charge in [-0.1, -0.05) is 37.3 Å². The molecule has 0 saturated heterocycles. The molecule has 0 bridgehead atoms. The summed E-state index contributed by atoms with van der Waals surface area (Å²) in [6.07, 6.45) is 1.26. The summed E-state index contributed by atoms with van der Waals surface area (Å²) >= 11 is 0. The topological polar surface area (TPSA) is 72.2 Å². The quantitative estimate of drug-likeness (QED) is 0.775. The molecule has 1 atom stereocenters. The van der Waals surface area contributed by atoms with Crippen LogP contribution in [0.5, 0.6) is 0 Å². The Balaban J connectivity index is 2.62. The fourth-order valence-corrected chi connectivity index (χ4v) is 1.60. The summed E-state index contributed by atoms with van der Waals surface area (Å²) in [4.78, 5) is 22.7. The number of hydrogen-bond acceptors (Lipinski definition) is 2. The van der Waals surface area contributed by atoms with E-state index in [1.54, 1.807) is 0 Å². The summed E-state index contributed by atoms with van der Waals surface area (Å²) in [6.45, 7) is 2.19. The van der Waals surface area contributed by atoms with Gasteiger partial charge in [0, 0.05) is 13.0 Å². The normalized spacial score (nSPS) is 11.8. The molecule has 0 fully saturated rings. The van der Waals surface area contributed by atoms with Crippen LogP contribution in [0.2, 0.25) is 0 Å². The minimum Gasteiger partial charge on any atom is -0.369 e. The number of nitrogens with two attached hydrogens (primary N) is 1. The molecule has 0 spiro atoms. The molecule has 1 aromatic rings. The highest BCUT2D eigenvalue weighted by Gasteiger charge is 2.17. The smallest absolute Gasteiger partial charge is 0.226 e. The second kappa shape index (κ2) is 6.68. The maximum atomic E-state index is 11.3. The first-order valence-corrected chi connectivity index (χ1v) is 5.76. The fourth-order valence-electron chi connectivity index (χ4n) is 1.60. The van der Waals surface area contributed by atoms with Gasteiger partial charge in [0.25, 0.3) is 0 Å². The van der Waals surface area contributed by atoms with Gasteiger partial charge in [-0.15, -0.1) is 0 Å². The second-order valence-corrected chi connectivity index (χ2v) is 3.92. The van der Waals surface area contributed by atoms with Gasteiger partial charge in [0.15, 0.2) is 0 Å². The van der Waals surface area contributed by atoms with Gasteiger partial charge in [-0.3, -0.25) is 9.59 Å². The lowest BCUT2D eigenvalue weighted by Crippen LogP contribution is -2.34. The van der Waals surface area contributed by atoms with Crippen molar-refractivity contribution < 1.29 is 9.59 Å². The Morgan fingerprint density at radius 3 is 2.47 bits per heavy atom. The number of carbonyl (C=O) groups is 2. The molecule has 0 saturated carbocycles. The van der Waals surface area contributed by atoms with Crippen molar-refractivity contribution >= 4 is 11.8 Å². The Morgan fingerprint density at radius 2 is 1.94 bits per heavy atom. The van der Waals surface area contributed by atoms with E-state index in [-0.39, 0.29) is 12.5 Å². The van der Waals surface area contributed by atoms with Crippen molar-refractivity contribution in [1.82, 2.24) is 5.32 Å². The van der Waals surface area contributed by atoms with Gasteiger partial charge in [-0.25, -0.2) is 0 Å². The van der Waals surface area contributed by atoms with Gasteiger partial charge in [0.1, 0.15) is 0 Å². The molecule has 4 nitrogen and oxygen atoms in total. The molecule has 1 rings (SSSR count). The molecule has 0 radical (unpaired) electrons. The molecule has 0 aliphatic rings. The molecule has 0 aliphatic carbocycles. The average Bonchev–Trinajstić information content (AvgIpc) is 2.30. The zero-order chi connectivity index (χ0) is 12.7. The van der Waals surface area contributed by atoms with Crippen molar-refractivity contribution in [2.75, 3.05) is 6.54 Å². The highest BCUT2D eigenvalue weighted by molar-refractivity contribution is 5.83. The van der Waals surface area contributed by atoms with E-state index in [4.69, 9.17) is 5.73 Å². The number of benzene rings is 1. The van der Waals surface area contributed by atoms with Crippen molar-refractivity contribution in [3.8, 4) is 0 Å². The first-order chi connectivity index (χ1) is 8.15. The number of primary amides is 1. The van der Waals surface area contributed by atoms with Gasteiger partial charge < -0.3 is 11.1 Å². The third-order valence-corrected chi connectivity index (χ3v) is 2.53. The Hall–Kier alpha value is -1.84. The number of hydrogen-bond donors (Lipinski definition) is 2. The molecule has 4 heteroatoms. The average molecular weight is 234 g/mol. The summed E-state index contributed by atoms with van der Waals surface area (Å²) in [6, 6.07) is 9.23. The van der Waals surface area contributed by atoms with Gasteiger partial charge in [0.2, 0.25) is 11.8 Å². The van der Waals surface area contributed by atoms with Crippen LogP contribution in [0.25, 0.3) is 0 Å². The lowest BCUT2D eigenvalue weighted by Gasteiger charge is -2.14. The largest absolute Gasteiger partial charge is 0.369 e. The summed E-state index contributed by atoms with van der Waals surface area (Å²) < 4.78 is 0. The number of nitrogens with one attached hydrogen (secondary N) is 1. The summed E-state index contributed by atoms with van der Waals surface area (Å²) in [5, 5.41) is 2.72. The summed E-state index contributed by atoms with van der Waals surface area (Å²) in [7, 11) is 0. The van der Waals surface area contributed by atoms with Crippen LogP contribution in [-0.4, -0.2) is 18.4 Å². The third-order valence-electron chi connectivity index (χ3n) is 2.53. The van der Waals surface area contributed by atoms with Crippen LogP contribution in [0.3, 0.4) is 0 Å². The highest BCUT2D eigenvalue weighted by atomic mass is 16.2. The maximum absolute atomic E-state index is 11.3. The predicted octanol–water partition coefficient (Wildman–Crippen LogP) is 1.17. The van der Waals surface area contributed by atoms with Crippen molar-refractivity contribution in [1.29, 1.82) is 0 Å². The van der Waals surface area contributed by atoms with Crippen LogP contribution < -0.4 is 11.1 Å². The number of rotatable bonds is 6. The second-order valence-electron chi connectivity index (χ2n) is 3.92.